The fourth-order valence-corrected chi connectivity index (χ4v) is 2.68. The van der Waals surface area contributed by atoms with E-state index in [-0.39, 0.29) is 82.5 Å². The number of hydrogen-bond donors (Lipinski definition) is 3. The first-order valence-corrected chi connectivity index (χ1v) is 13.6. The molecule has 0 unspecified atom stereocenters. The first kappa shape index (κ1) is 42.4. The number of carboxylic acid groups (broad SMARTS) is 1. The number of ether oxygens (including phenoxy) is 3. The number of aliphatic carboxylic acids is 1. The van der Waals surface area contributed by atoms with Gasteiger partial charge in [-0.05, 0) is 20.8 Å². The SMILES string of the molecule is CCO.CCOC(=O)CCC(=O)O.CCOC(=O)CCC(=O)ON1C(=O)CCC1=O.O=C1CCC(=O)N1O.O=C1CCC(=O)O1. The second-order valence-corrected chi connectivity index (χ2v) is 8.31. The first-order valence-electron chi connectivity index (χ1n) is 13.6. The molecule has 3 rings (SSSR count). The van der Waals surface area contributed by atoms with Crippen molar-refractivity contribution < 1.29 is 82.4 Å². The van der Waals surface area contributed by atoms with Gasteiger partial charge in [0.1, 0.15) is 0 Å². The number of hydroxylamine groups is 4. The number of cyclic esters (lactones) is 2. The minimum absolute atomic E-state index is 0.0385. The van der Waals surface area contributed by atoms with Gasteiger partial charge in [-0.25, -0.2) is 4.79 Å². The van der Waals surface area contributed by atoms with Crippen LogP contribution < -0.4 is 0 Å². The van der Waals surface area contributed by atoms with Crippen molar-refractivity contribution in [2.45, 2.75) is 85.0 Å². The van der Waals surface area contributed by atoms with Crippen molar-refractivity contribution in [1.82, 2.24) is 10.1 Å². The Morgan fingerprint density at radius 1 is 0.644 bits per heavy atom. The summed E-state index contributed by atoms with van der Waals surface area (Å²) in [6.45, 7) is 5.80. The van der Waals surface area contributed by atoms with Gasteiger partial charge in [0.15, 0.2) is 0 Å². The van der Waals surface area contributed by atoms with Gasteiger partial charge in [0.25, 0.3) is 23.6 Å². The Morgan fingerprint density at radius 2 is 1.00 bits per heavy atom. The smallest absolute Gasteiger partial charge is 0.333 e. The molecule has 3 aliphatic rings. The van der Waals surface area contributed by atoms with Crippen LogP contribution in [0.15, 0.2) is 0 Å². The highest BCUT2D eigenvalue weighted by atomic mass is 16.7. The van der Waals surface area contributed by atoms with E-state index in [0.717, 1.165) is 0 Å². The molecular weight excluding hydrogens is 612 g/mol. The molecular formula is C26H38N2O17. The molecule has 3 saturated heterocycles. The number of esters is 4. The summed E-state index contributed by atoms with van der Waals surface area (Å²) in [6.07, 6.45) is 0.358. The Bertz CT molecular complexity index is 1030. The predicted octanol–water partition coefficient (Wildman–Crippen LogP) is -0.276. The zero-order chi connectivity index (χ0) is 34.9. The molecule has 0 spiro atoms. The molecule has 19 nitrogen and oxygen atoms in total. The molecule has 0 saturated carbocycles. The molecule has 3 aliphatic heterocycles. The summed E-state index contributed by atoms with van der Waals surface area (Å²) < 4.78 is 13.2. The zero-order valence-electron chi connectivity index (χ0n) is 25.1. The second kappa shape index (κ2) is 24.6. The lowest BCUT2D eigenvalue weighted by molar-refractivity contribution is -0.197. The molecule has 3 heterocycles. The first-order chi connectivity index (χ1) is 21.1. The maximum absolute atomic E-state index is 11.2. The Hall–Kier alpha value is -4.78. The van der Waals surface area contributed by atoms with E-state index in [1.807, 2.05) is 0 Å². The summed E-state index contributed by atoms with van der Waals surface area (Å²) in [6, 6.07) is 0. The fraction of sp³-hybridized carbons (Fsp3) is 0.615. The number of amides is 4. The van der Waals surface area contributed by atoms with Crippen LogP contribution >= 0.6 is 0 Å². The zero-order valence-corrected chi connectivity index (χ0v) is 25.1. The van der Waals surface area contributed by atoms with E-state index in [9.17, 15) is 47.9 Å². The summed E-state index contributed by atoms with van der Waals surface area (Å²) in [5.41, 5.74) is 0. The van der Waals surface area contributed by atoms with Crippen molar-refractivity contribution in [1.29, 1.82) is 0 Å². The van der Waals surface area contributed by atoms with Gasteiger partial charge in [-0.2, -0.15) is 5.06 Å². The topological polar surface area (TPSA) is 275 Å². The third-order valence-electron chi connectivity index (χ3n) is 4.67. The molecule has 3 fully saturated rings. The highest BCUT2D eigenvalue weighted by Crippen LogP contribution is 2.13. The van der Waals surface area contributed by atoms with Crippen molar-refractivity contribution in [3.05, 3.63) is 0 Å². The van der Waals surface area contributed by atoms with Crippen LogP contribution in [0.3, 0.4) is 0 Å². The van der Waals surface area contributed by atoms with E-state index in [1.54, 1.807) is 20.8 Å². The lowest BCUT2D eigenvalue weighted by Crippen LogP contribution is -2.32. The third kappa shape index (κ3) is 21.5. The van der Waals surface area contributed by atoms with Crippen molar-refractivity contribution in [3.8, 4) is 0 Å². The highest BCUT2D eigenvalue weighted by Gasteiger charge is 2.32. The Morgan fingerprint density at radius 3 is 1.29 bits per heavy atom. The van der Waals surface area contributed by atoms with Gasteiger partial charge in [0, 0.05) is 32.3 Å². The van der Waals surface area contributed by atoms with Crippen LogP contribution in [0.5, 0.6) is 0 Å². The maximum atomic E-state index is 11.2. The standard InChI is InChI=1S/C10H13NO6.C6H10O4.C4H5NO3.C4H4O3.C2H6O/c1-2-16-9(14)5-6-10(15)17-11-7(12)3-4-8(11)13;1-2-10-6(9)4-3-5(7)8;6-3-1-2-4(7)5(3)8;5-3-1-2-4(6)7-3;1-2-3/h2-6H2,1H3;2-4H2,1H3,(H,7,8);8H,1-2H2;1-2H2;3H,2H2,1H3. The molecule has 0 aromatic carbocycles. The van der Waals surface area contributed by atoms with Crippen molar-refractivity contribution >= 4 is 59.4 Å². The summed E-state index contributed by atoms with van der Waals surface area (Å²) >= 11 is 0. The van der Waals surface area contributed by atoms with E-state index in [2.05, 4.69) is 19.0 Å². The monoisotopic (exact) mass is 650 g/mol. The van der Waals surface area contributed by atoms with E-state index in [4.69, 9.17) is 15.4 Å². The molecule has 0 radical (unpaired) electrons. The summed E-state index contributed by atoms with van der Waals surface area (Å²) in [5.74, 6) is -5.65. The fourth-order valence-electron chi connectivity index (χ4n) is 2.68. The van der Waals surface area contributed by atoms with Crippen LogP contribution in [-0.4, -0.2) is 105 Å². The molecule has 0 aromatic rings. The Kier molecular flexibility index (Phi) is 23.2. The van der Waals surface area contributed by atoms with Crippen LogP contribution in [0.4, 0.5) is 0 Å². The van der Waals surface area contributed by atoms with E-state index >= 15 is 0 Å². The van der Waals surface area contributed by atoms with Gasteiger partial charge in [-0.15, -0.1) is 5.06 Å². The molecule has 254 valence electrons. The minimum Gasteiger partial charge on any atom is -0.481 e. The largest absolute Gasteiger partial charge is 0.481 e. The summed E-state index contributed by atoms with van der Waals surface area (Å²) in [4.78, 5) is 110. The summed E-state index contributed by atoms with van der Waals surface area (Å²) in [5, 5.41) is 24.7. The quantitative estimate of drug-likeness (QED) is 0.0951. The minimum atomic E-state index is -0.979. The van der Waals surface area contributed by atoms with E-state index < -0.39 is 59.4 Å². The predicted molar refractivity (Wildman–Crippen MR) is 143 cm³/mol. The van der Waals surface area contributed by atoms with Gasteiger partial charge < -0.3 is 29.3 Å². The van der Waals surface area contributed by atoms with Gasteiger partial charge in [-0.1, -0.05) is 0 Å². The third-order valence-corrected chi connectivity index (χ3v) is 4.67. The lowest BCUT2D eigenvalue weighted by atomic mass is 10.3. The van der Waals surface area contributed by atoms with Crippen molar-refractivity contribution in [3.63, 3.8) is 0 Å². The van der Waals surface area contributed by atoms with Crippen LogP contribution in [0, 0.1) is 0 Å². The molecule has 0 aromatic heterocycles. The molecule has 45 heavy (non-hydrogen) atoms. The number of nitrogens with zero attached hydrogens (tertiary/aromatic N) is 2. The van der Waals surface area contributed by atoms with Crippen LogP contribution in [0.2, 0.25) is 0 Å². The average Bonchev–Trinajstić information content (AvgIpc) is 3.61. The number of carbonyl (C=O) groups is 10. The van der Waals surface area contributed by atoms with Crippen LogP contribution in [0.25, 0.3) is 0 Å². The normalized spacial score (nSPS) is 14.8. The van der Waals surface area contributed by atoms with Gasteiger partial charge >= 0.3 is 35.8 Å². The van der Waals surface area contributed by atoms with Gasteiger partial charge in [-0.3, -0.25) is 48.4 Å². The van der Waals surface area contributed by atoms with Crippen LogP contribution in [0.1, 0.15) is 85.0 Å². The number of aliphatic hydroxyl groups excluding tert-OH is 1. The molecule has 19 heteroatoms. The second-order valence-electron chi connectivity index (χ2n) is 8.31. The van der Waals surface area contributed by atoms with Gasteiger partial charge in [0.05, 0.1) is 51.7 Å². The lowest BCUT2D eigenvalue weighted by Gasteiger charge is -2.12. The molecule has 0 aliphatic carbocycles. The number of imide groups is 2. The average molecular weight is 651 g/mol. The molecule has 0 atom stereocenters. The van der Waals surface area contributed by atoms with Gasteiger partial charge in [0.2, 0.25) is 0 Å². The number of aliphatic hydroxyl groups is 1. The summed E-state index contributed by atoms with van der Waals surface area (Å²) in [7, 11) is 0. The van der Waals surface area contributed by atoms with E-state index in [0.29, 0.717) is 11.7 Å². The molecule has 4 amide bonds. The number of rotatable bonds is 9. The maximum Gasteiger partial charge on any atom is 0.333 e. The molecule has 0 bridgehead atoms. The van der Waals surface area contributed by atoms with E-state index in [1.165, 1.54) is 0 Å². The van der Waals surface area contributed by atoms with Crippen LogP contribution in [-0.2, 0) is 67.0 Å². The number of carbonyl (C=O) groups excluding carboxylic acids is 9. The number of carboxylic acids is 1. The van der Waals surface area contributed by atoms with Crippen molar-refractivity contribution in [2.75, 3.05) is 19.8 Å². The highest BCUT2D eigenvalue weighted by molar-refractivity contribution is 6.01. The number of hydrogen-bond acceptors (Lipinski definition) is 16. The Balaban J connectivity index is 0. The van der Waals surface area contributed by atoms with Crippen molar-refractivity contribution in [2.24, 2.45) is 0 Å². The Labute approximate surface area is 257 Å². The molecule has 3 N–H and O–H groups in total.